The highest BCUT2D eigenvalue weighted by molar-refractivity contribution is 5.95. The summed E-state index contributed by atoms with van der Waals surface area (Å²) in [4.78, 5) is 17.8. The summed E-state index contributed by atoms with van der Waals surface area (Å²) in [5.74, 6) is 7.00. The number of aromatic amines is 2. The van der Waals surface area contributed by atoms with E-state index < -0.39 is 0 Å². The number of nitrogens with one attached hydrogen (secondary N) is 2. The molecule has 0 fully saturated rings. The molecule has 0 saturated heterocycles. The fraction of sp³-hybridized carbons (Fsp3) is 0.143. The minimum absolute atomic E-state index is 0.852. The normalized spacial score (nSPS) is 11.8. The van der Waals surface area contributed by atoms with Crippen LogP contribution in [0.3, 0.4) is 0 Å². The highest BCUT2D eigenvalue weighted by Gasteiger charge is 2.16. The monoisotopic (exact) mass is 596 g/mol. The molecular weight excluding hydrogens is 560 g/mol. The van der Waals surface area contributed by atoms with Crippen molar-refractivity contribution in [3.05, 3.63) is 125 Å². The average molecular weight is 597 g/mol. The molecule has 4 heteroatoms. The topological polar surface area (TPSA) is 57.4 Å². The molecule has 0 spiro atoms. The van der Waals surface area contributed by atoms with Crippen LogP contribution in [0.25, 0.3) is 74.7 Å². The first-order valence-corrected chi connectivity index (χ1v) is 16.1. The predicted octanol–water partition coefficient (Wildman–Crippen LogP) is 11.0. The summed E-state index contributed by atoms with van der Waals surface area (Å²) in [6.45, 7) is 6.40. The van der Waals surface area contributed by atoms with Crippen molar-refractivity contribution in [2.75, 3.05) is 0 Å². The van der Waals surface area contributed by atoms with E-state index in [9.17, 15) is 0 Å². The number of hydrogen-bond donors (Lipinski definition) is 2. The van der Waals surface area contributed by atoms with Crippen LogP contribution in [-0.2, 0) is 0 Å². The molecule has 3 aromatic heterocycles. The van der Waals surface area contributed by atoms with Gasteiger partial charge in [0.1, 0.15) is 0 Å². The van der Waals surface area contributed by atoms with Crippen molar-refractivity contribution in [1.29, 1.82) is 0 Å². The van der Waals surface area contributed by atoms with Crippen molar-refractivity contribution in [2.45, 2.75) is 39.0 Å². The molecule has 2 N–H and O–H groups in total. The number of aromatic nitrogens is 4. The van der Waals surface area contributed by atoms with Gasteiger partial charge in [0.2, 0.25) is 0 Å². The first kappa shape index (κ1) is 29.1. The number of benzene rings is 2. The van der Waals surface area contributed by atoms with Crippen LogP contribution in [0.4, 0.5) is 0 Å². The molecule has 8 bridgehead atoms. The summed E-state index contributed by atoms with van der Waals surface area (Å²) in [7, 11) is 0. The fourth-order valence-electron chi connectivity index (χ4n) is 6.18. The molecule has 0 aliphatic carbocycles. The standard InChI is InChI=1S/C42H36N4/c1-3-5-6-7-8-15-20-32-35-23-27-39(45-35)41(29-16-11-9-12-17-29)37-25-21-33(43-37)31(4-2)34-22-26-38(44-34)42(30-18-13-10-14-19-30)40-28-24-36(32)46-40/h4,9-14,16-19,21-28,43,46H,2-3,5-8H2,1H3. The summed E-state index contributed by atoms with van der Waals surface area (Å²) in [6.07, 6.45) is 15.9. The van der Waals surface area contributed by atoms with Gasteiger partial charge in [-0.2, -0.15) is 0 Å². The van der Waals surface area contributed by atoms with E-state index in [2.05, 4.69) is 132 Å². The Bertz CT molecular complexity index is 2160. The van der Waals surface area contributed by atoms with Crippen LogP contribution < -0.4 is 0 Å². The molecule has 2 aliphatic rings. The van der Waals surface area contributed by atoms with Crippen molar-refractivity contribution in [3.8, 4) is 34.1 Å². The average Bonchev–Trinajstić information content (AvgIpc) is 3.92. The summed E-state index contributed by atoms with van der Waals surface area (Å²) in [5, 5.41) is 0. The quantitative estimate of drug-likeness (QED) is 0.142. The highest BCUT2D eigenvalue weighted by atomic mass is 14.8. The van der Waals surface area contributed by atoms with Crippen molar-refractivity contribution in [3.63, 3.8) is 0 Å². The van der Waals surface area contributed by atoms with Gasteiger partial charge in [-0.3, -0.25) is 0 Å². The first-order valence-electron chi connectivity index (χ1n) is 16.1. The van der Waals surface area contributed by atoms with Gasteiger partial charge in [0.15, 0.2) is 0 Å². The van der Waals surface area contributed by atoms with Crippen molar-refractivity contribution >= 4 is 52.4 Å². The second kappa shape index (κ2) is 13.1. The van der Waals surface area contributed by atoms with Gasteiger partial charge in [-0.15, -0.1) is 0 Å². The number of unbranched alkanes of at least 4 members (excludes halogenated alkanes) is 4. The maximum Gasteiger partial charge on any atom is 0.0815 e. The summed E-state index contributed by atoms with van der Waals surface area (Å²) in [6, 6.07) is 29.3. The molecule has 5 heterocycles. The van der Waals surface area contributed by atoms with E-state index in [4.69, 9.17) is 9.97 Å². The maximum atomic E-state index is 5.24. The molecule has 7 rings (SSSR count). The Labute approximate surface area is 270 Å². The number of nitrogens with zero attached hydrogens (tertiary/aromatic N) is 2. The smallest absolute Gasteiger partial charge is 0.0815 e. The van der Waals surface area contributed by atoms with Crippen molar-refractivity contribution in [1.82, 2.24) is 19.9 Å². The van der Waals surface area contributed by atoms with E-state index >= 15 is 0 Å². The molecule has 0 saturated carbocycles. The van der Waals surface area contributed by atoms with Crippen LogP contribution in [0.5, 0.6) is 0 Å². The van der Waals surface area contributed by atoms with Gasteiger partial charge in [0.05, 0.1) is 33.9 Å². The van der Waals surface area contributed by atoms with Gasteiger partial charge in [-0.05, 0) is 66.1 Å². The van der Waals surface area contributed by atoms with Crippen LogP contribution in [0, 0.1) is 11.8 Å². The molecule has 0 radical (unpaired) electrons. The summed E-state index contributed by atoms with van der Waals surface area (Å²) >= 11 is 0. The zero-order valence-electron chi connectivity index (χ0n) is 26.1. The van der Waals surface area contributed by atoms with Gasteiger partial charge in [-0.1, -0.05) is 111 Å². The van der Waals surface area contributed by atoms with Crippen LogP contribution >= 0.6 is 0 Å². The molecule has 224 valence electrons. The second-order valence-corrected chi connectivity index (χ2v) is 11.6. The molecular formula is C42H36N4. The highest BCUT2D eigenvalue weighted by Crippen LogP contribution is 2.34. The number of rotatable bonds is 7. The Morgan fingerprint density at radius 1 is 0.609 bits per heavy atom. The summed E-state index contributed by atoms with van der Waals surface area (Å²) in [5.41, 5.74) is 13.4. The largest absolute Gasteiger partial charge is 0.354 e. The minimum atomic E-state index is 0.852. The number of fused-ring (bicyclic) bond motifs is 8. The lowest BCUT2D eigenvalue weighted by Gasteiger charge is -2.04. The lowest BCUT2D eigenvalue weighted by Crippen LogP contribution is -1.89. The van der Waals surface area contributed by atoms with Crippen LogP contribution in [0.2, 0.25) is 0 Å². The lowest BCUT2D eigenvalue weighted by atomic mass is 10.0. The van der Waals surface area contributed by atoms with Crippen LogP contribution in [0.15, 0.2) is 91.5 Å². The second-order valence-electron chi connectivity index (χ2n) is 11.6. The summed E-state index contributed by atoms with van der Waals surface area (Å²) < 4.78 is 0. The van der Waals surface area contributed by atoms with Gasteiger partial charge in [-0.25, -0.2) is 9.97 Å². The van der Waals surface area contributed by atoms with Gasteiger partial charge in [0.25, 0.3) is 0 Å². The third-order valence-electron chi connectivity index (χ3n) is 8.49. The predicted molar refractivity (Wildman–Crippen MR) is 195 cm³/mol. The Hall–Kier alpha value is -5.66. The molecule has 0 unspecified atom stereocenters. The maximum absolute atomic E-state index is 5.24. The molecule has 4 nitrogen and oxygen atoms in total. The molecule has 2 aromatic carbocycles. The van der Waals surface area contributed by atoms with E-state index in [-0.39, 0.29) is 0 Å². The van der Waals surface area contributed by atoms with Gasteiger partial charge >= 0.3 is 0 Å². The SMILES string of the molecule is C=Cc1c2nc(c(-c3ccccc3)c3ccc([nH]3)c(C#CCCCCCC)c3nc(c(-c4ccccc4)c4ccc1[nH]4)C=C3)C=C2. The van der Waals surface area contributed by atoms with Gasteiger partial charge in [0, 0.05) is 39.7 Å². The van der Waals surface area contributed by atoms with Crippen LogP contribution in [0.1, 0.15) is 72.9 Å². The minimum Gasteiger partial charge on any atom is -0.354 e. The Balaban J connectivity index is 1.58. The Morgan fingerprint density at radius 3 is 1.78 bits per heavy atom. The van der Waals surface area contributed by atoms with E-state index in [1.807, 2.05) is 18.2 Å². The Morgan fingerprint density at radius 2 is 1.15 bits per heavy atom. The van der Waals surface area contributed by atoms with Crippen molar-refractivity contribution in [2.24, 2.45) is 0 Å². The van der Waals surface area contributed by atoms with E-state index in [0.29, 0.717) is 0 Å². The molecule has 46 heavy (non-hydrogen) atoms. The number of H-pyrrole nitrogens is 2. The van der Waals surface area contributed by atoms with E-state index in [1.54, 1.807) is 0 Å². The molecule has 0 amide bonds. The third-order valence-corrected chi connectivity index (χ3v) is 8.49. The zero-order valence-corrected chi connectivity index (χ0v) is 26.1. The lowest BCUT2D eigenvalue weighted by molar-refractivity contribution is 0.679. The van der Waals surface area contributed by atoms with Gasteiger partial charge < -0.3 is 9.97 Å². The molecule has 5 aromatic rings. The zero-order chi connectivity index (χ0) is 31.3. The molecule has 0 atom stereocenters. The first-order chi connectivity index (χ1) is 22.7. The number of hydrogen-bond acceptors (Lipinski definition) is 2. The van der Waals surface area contributed by atoms with Crippen LogP contribution in [-0.4, -0.2) is 19.9 Å². The molecule has 2 aliphatic heterocycles. The van der Waals surface area contributed by atoms with Crippen molar-refractivity contribution < 1.29 is 0 Å². The Kier molecular flexibility index (Phi) is 8.30. The van der Waals surface area contributed by atoms with E-state index in [1.165, 1.54) is 19.3 Å². The van der Waals surface area contributed by atoms with E-state index in [0.717, 1.165) is 91.1 Å². The third kappa shape index (κ3) is 5.76. The fourth-order valence-corrected chi connectivity index (χ4v) is 6.18.